The summed E-state index contributed by atoms with van der Waals surface area (Å²) in [6.45, 7) is 7.00. The van der Waals surface area contributed by atoms with Crippen LogP contribution in [0.25, 0.3) is 0 Å². The summed E-state index contributed by atoms with van der Waals surface area (Å²) in [5.41, 5.74) is -0.755. The summed E-state index contributed by atoms with van der Waals surface area (Å²) in [4.78, 5) is 0. The van der Waals surface area contributed by atoms with Gasteiger partial charge >= 0.3 is 0 Å². The highest BCUT2D eigenvalue weighted by molar-refractivity contribution is 4.97. The molecule has 0 aromatic rings. The molecule has 0 saturated carbocycles. The highest BCUT2D eigenvalue weighted by atomic mass is 16.6. The van der Waals surface area contributed by atoms with Gasteiger partial charge < -0.3 is 14.6 Å². The van der Waals surface area contributed by atoms with Crippen LogP contribution in [-0.2, 0) is 9.47 Å². The van der Waals surface area contributed by atoms with Gasteiger partial charge in [-0.1, -0.05) is 6.92 Å². The Morgan fingerprint density at radius 3 is 2.62 bits per heavy atom. The molecule has 3 nitrogen and oxygen atoms in total. The predicted molar refractivity (Wildman–Crippen MR) is 62.4 cm³/mol. The van der Waals surface area contributed by atoms with Crippen LogP contribution in [0.3, 0.4) is 0 Å². The fourth-order valence-electron chi connectivity index (χ4n) is 2.99. The highest BCUT2D eigenvalue weighted by Crippen LogP contribution is 2.40. The molecule has 16 heavy (non-hydrogen) atoms. The van der Waals surface area contributed by atoms with E-state index in [1.54, 1.807) is 0 Å². The minimum absolute atomic E-state index is 0.0859. The molecule has 4 atom stereocenters. The lowest BCUT2D eigenvalue weighted by atomic mass is 9.81. The Bertz CT molecular complexity index is 248. The Labute approximate surface area is 98.1 Å². The molecule has 3 heteroatoms. The van der Waals surface area contributed by atoms with E-state index in [0.717, 1.165) is 38.7 Å². The van der Waals surface area contributed by atoms with Gasteiger partial charge in [-0.15, -0.1) is 0 Å². The summed E-state index contributed by atoms with van der Waals surface area (Å²) in [7, 11) is 0. The fraction of sp³-hybridized carbons (Fsp3) is 1.00. The molecule has 2 aliphatic rings. The van der Waals surface area contributed by atoms with E-state index in [1.807, 2.05) is 13.8 Å². The molecule has 2 fully saturated rings. The van der Waals surface area contributed by atoms with Crippen molar-refractivity contribution in [1.82, 2.24) is 0 Å². The molecule has 0 radical (unpaired) electrons. The van der Waals surface area contributed by atoms with E-state index < -0.39 is 5.60 Å². The van der Waals surface area contributed by atoms with Gasteiger partial charge in [0.2, 0.25) is 0 Å². The van der Waals surface area contributed by atoms with Crippen LogP contribution in [0, 0.1) is 0 Å². The molecular weight excluding hydrogens is 204 g/mol. The second-order valence-electron chi connectivity index (χ2n) is 5.53. The third-order valence-corrected chi connectivity index (χ3v) is 4.51. The van der Waals surface area contributed by atoms with E-state index in [2.05, 4.69) is 6.92 Å². The zero-order valence-electron chi connectivity index (χ0n) is 10.7. The van der Waals surface area contributed by atoms with Crippen LogP contribution >= 0.6 is 0 Å². The normalized spacial score (nSPS) is 49.5. The first kappa shape index (κ1) is 12.3. The summed E-state index contributed by atoms with van der Waals surface area (Å²) < 4.78 is 11.8. The number of rotatable bonds is 2. The molecule has 0 amide bonds. The summed E-state index contributed by atoms with van der Waals surface area (Å²) in [6.07, 6.45) is 4.77. The number of hydrogen-bond donors (Lipinski definition) is 1. The number of aliphatic hydroxyl groups is 1. The van der Waals surface area contributed by atoms with E-state index in [4.69, 9.17) is 9.47 Å². The van der Waals surface area contributed by atoms with Gasteiger partial charge in [-0.2, -0.15) is 0 Å². The predicted octanol–water partition coefficient (Wildman–Crippen LogP) is 2.26. The van der Waals surface area contributed by atoms with Crippen molar-refractivity contribution in [2.45, 2.75) is 76.3 Å². The van der Waals surface area contributed by atoms with Crippen molar-refractivity contribution in [1.29, 1.82) is 0 Å². The van der Waals surface area contributed by atoms with Gasteiger partial charge in [0.1, 0.15) is 0 Å². The molecule has 0 aromatic heterocycles. The summed E-state index contributed by atoms with van der Waals surface area (Å²) >= 11 is 0. The van der Waals surface area contributed by atoms with E-state index in [0.29, 0.717) is 0 Å². The molecule has 2 aliphatic heterocycles. The van der Waals surface area contributed by atoms with Crippen LogP contribution in [0.5, 0.6) is 0 Å². The first-order valence-electron chi connectivity index (χ1n) is 6.52. The van der Waals surface area contributed by atoms with Crippen LogP contribution in [0.4, 0.5) is 0 Å². The van der Waals surface area contributed by atoms with Crippen LogP contribution in [-0.4, -0.2) is 35.1 Å². The standard InChI is InChI=1S/C13H24O3/c1-4-13(14)8-6-11(16-10(13)2)12(3)7-5-9-15-12/h10-11,14H,4-9H2,1-3H3/t10-,11-,12+,13+/m1/s1. The van der Waals surface area contributed by atoms with E-state index in [1.165, 1.54) is 0 Å². The third kappa shape index (κ3) is 2.01. The minimum atomic E-state index is -0.633. The van der Waals surface area contributed by atoms with Crippen molar-refractivity contribution in [3.8, 4) is 0 Å². The van der Waals surface area contributed by atoms with E-state index in [9.17, 15) is 5.11 Å². The summed E-state index contributed by atoms with van der Waals surface area (Å²) in [5, 5.41) is 10.3. The average Bonchev–Trinajstić information content (AvgIpc) is 2.70. The topological polar surface area (TPSA) is 38.7 Å². The van der Waals surface area contributed by atoms with Crippen molar-refractivity contribution in [2.24, 2.45) is 0 Å². The molecule has 1 N–H and O–H groups in total. The summed E-state index contributed by atoms with van der Waals surface area (Å²) in [5.74, 6) is 0. The number of ether oxygens (including phenoxy) is 2. The second kappa shape index (κ2) is 4.28. The van der Waals surface area contributed by atoms with E-state index in [-0.39, 0.29) is 17.8 Å². The zero-order chi connectivity index (χ0) is 11.8. The largest absolute Gasteiger partial charge is 0.387 e. The van der Waals surface area contributed by atoms with Gasteiger partial charge in [0.15, 0.2) is 0 Å². The molecule has 2 rings (SSSR count). The number of hydrogen-bond acceptors (Lipinski definition) is 3. The maximum atomic E-state index is 10.3. The Kier molecular flexibility index (Phi) is 3.30. The molecular formula is C13H24O3. The third-order valence-electron chi connectivity index (χ3n) is 4.51. The van der Waals surface area contributed by atoms with Crippen molar-refractivity contribution in [3.05, 3.63) is 0 Å². The lowest BCUT2D eigenvalue weighted by Crippen LogP contribution is -2.54. The maximum Gasteiger partial charge on any atom is 0.0915 e. The van der Waals surface area contributed by atoms with Gasteiger partial charge in [0.05, 0.1) is 23.4 Å². The minimum Gasteiger partial charge on any atom is -0.387 e. The van der Waals surface area contributed by atoms with Gasteiger partial charge in [0, 0.05) is 6.61 Å². The van der Waals surface area contributed by atoms with Crippen LogP contribution < -0.4 is 0 Å². The molecule has 0 aliphatic carbocycles. The Morgan fingerprint density at radius 2 is 2.12 bits per heavy atom. The second-order valence-corrected chi connectivity index (χ2v) is 5.53. The monoisotopic (exact) mass is 228 g/mol. The average molecular weight is 228 g/mol. The highest BCUT2D eigenvalue weighted by Gasteiger charge is 2.47. The quantitative estimate of drug-likeness (QED) is 0.788. The van der Waals surface area contributed by atoms with Gasteiger partial charge in [-0.3, -0.25) is 0 Å². The lowest BCUT2D eigenvalue weighted by Gasteiger charge is -2.45. The Hall–Kier alpha value is -0.120. The molecule has 0 aromatic carbocycles. The van der Waals surface area contributed by atoms with Crippen LogP contribution in [0.2, 0.25) is 0 Å². The van der Waals surface area contributed by atoms with E-state index >= 15 is 0 Å². The van der Waals surface area contributed by atoms with Crippen molar-refractivity contribution < 1.29 is 14.6 Å². The Morgan fingerprint density at radius 1 is 1.38 bits per heavy atom. The maximum absolute atomic E-state index is 10.3. The fourth-order valence-corrected chi connectivity index (χ4v) is 2.99. The zero-order valence-corrected chi connectivity index (χ0v) is 10.7. The van der Waals surface area contributed by atoms with Crippen molar-refractivity contribution in [2.75, 3.05) is 6.61 Å². The smallest absolute Gasteiger partial charge is 0.0915 e. The van der Waals surface area contributed by atoms with Crippen molar-refractivity contribution in [3.63, 3.8) is 0 Å². The first-order valence-corrected chi connectivity index (χ1v) is 6.52. The molecule has 0 bridgehead atoms. The molecule has 0 spiro atoms. The summed E-state index contributed by atoms with van der Waals surface area (Å²) in [6, 6.07) is 0. The SMILES string of the molecule is CC[C@]1(O)CC[C@H]([C@]2(C)CCCO2)O[C@@H]1C. The van der Waals surface area contributed by atoms with Crippen molar-refractivity contribution >= 4 is 0 Å². The van der Waals surface area contributed by atoms with Crippen LogP contribution in [0.15, 0.2) is 0 Å². The molecule has 0 unspecified atom stereocenters. The van der Waals surface area contributed by atoms with Gasteiger partial charge in [-0.05, 0) is 46.0 Å². The molecule has 2 heterocycles. The molecule has 2 saturated heterocycles. The van der Waals surface area contributed by atoms with Gasteiger partial charge in [-0.25, -0.2) is 0 Å². The van der Waals surface area contributed by atoms with Gasteiger partial charge in [0.25, 0.3) is 0 Å². The Balaban J connectivity index is 2.02. The lowest BCUT2D eigenvalue weighted by molar-refractivity contribution is -0.215. The first-order chi connectivity index (χ1) is 7.50. The molecule has 94 valence electrons. The van der Waals surface area contributed by atoms with Crippen LogP contribution in [0.1, 0.15) is 52.9 Å².